The molecular formula is C18H28N2OS. The van der Waals surface area contributed by atoms with E-state index in [2.05, 4.69) is 30.6 Å². The van der Waals surface area contributed by atoms with Crippen molar-refractivity contribution in [1.29, 1.82) is 0 Å². The zero-order chi connectivity index (χ0) is 15.7. The molecule has 1 aliphatic carbocycles. The standard InChI is InChI=1S/C18H28N2OS/c1-12-5-4-6-16(13(12)2)19-14(3)18(21)20-9-7-17-15(11-20)8-10-22-17/h8,10,12-14,16,19H,4-7,9,11H2,1-3H3. The van der Waals surface area contributed by atoms with E-state index >= 15 is 0 Å². The van der Waals surface area contributed by atoms with Crippen molar-refractivity contribution < 1.29 is 4.79 Å². The van der Waals surface area contributed by atoms with Crippen LogP contribution in [0.1, 0.15) is 50.5 Å². The molecule has 3 rings (SSSR count). The molecule has 1 amide bonds. The fourth-order valence-corrected chi connectivity index (χ4v) is 4.81. The van der Waals surface area contributed by atoms with E-state index in [9.17, 15) is 4.79 Å². The number of thiophene rings is 1. The Bertz CT molecular complexity index is 527. The van der Waals surface area contributed by atoms with Crippen LogP contribution in [0.25, 0.3) is 0 Å². The minimum absolute atomic E-state index is 0.0714. The van der Waals surface area contributed by atoms with Crippen molar-refractivity contribution in [3.05, 3.63) is 21.9 Å². The Morgan fingerprint density at radius 2 is 2.23 bits per heavy atom. The van der Waals surface area contributed by atoms with Gasteiger partial charge in [-0.05, 0) is 48.6 Å². The molecular weight excluding hydrogens is 292 g/mol. The van der Waals surface area contributed by atoms with Crippen LogP contribution in [-0.2, 0) is 17.8 Å². The van der Waals surface area contributed by atoms with Crippen LogP contribution in [0, 0.1) is 11.8 Å². The highest BCUT2D eigenvalue weighted by Gasteiger charge is 2.31. The maximum absolute atomic E-state index is 12.8. The third kappa shape index (κ3) is 3.23. The van der Waals surface area contributed by atoms with Crippen molar-refractivity contribution in [2.45, 2.75) is 65.1 Å². The first-order chi connectivity index (χ1) is 10.6. The molecule has 122 valence electrons. The summed E-state index contributed by atoms with van der Waals surface area (Å²) >= 11 is 1.82. The van der Waals surface area contributed by atoms with Crippen LogP contribution in [0.4, 0.5) is 0 Å². The number of hydrogen-bond acceptors (Lipinski definition) is 3. The number of nitrogens with one attached hydrogen (secondary N) is 1. The van der Waals surface area contributed by atoms with Gasteiger partial charge >= 0.3 is 0 Å². The van der Waals surface area contributed by atoms with Gasteiger partial charge in [0.05, 0.1) is 6.04 Å². The van der Waals surface area contributed by atoms with Crippen LogP contribution in [0.2, 0.25) is 0 Å². The van der Waals surface area contributed by atoms with Gasteiger partial charge in [0.25, 0.3) is 0 Å². The van der Waals surface area contributed by atoms with Crippen molar-refractivity contribution in [2.75, 3.05) is 6.54 Å². The second kappa shape index (κ2) is 6.71. The van der Waals surface area contributed by atoms with Gasteiger partial charge in [-0.25, -0.2) is 0 Å². The molecule has 1 saturated carbocycles. The molecule has 1 N–H and O–H groups in total. The summed E-state index contributed by atoms with van der Waals surface area (Å²) in [5, 5.41) is 5.77. The normalized spacial score (nSPS) is 30.0. The fraction of sp³-hybridized carbons (Fsp3) is 0.722. The summed E-state index contributed by atoms with van der Waals surface area (Å²) in [5.41, 5.74) is 1.34. The molecule has 0 radical (unpaired) electrons. The molecule has 2 heterocycles. The summed E-state index contributed by atoms with van der Waals surface area (Å²) in [6.07, 6.45) is 4.83. The first-order valence-corrected chi connectivity index (χ1v) is 9.54. The maximum Gasteiger partial charge on any atom is 0.239 e. The molecule has 1 aliphatic heterocycles. The van der Waals surface area contributed by atoms with Gasteiger partial charge in [0.1, 0.15) is 0 Å². The summed E-state index contributed by atoms with van der Waals surface area (Å²) in [7, 11) is 0. The average molecular weight is 321 g/mol. The molecule has 22 heavy (non-hydrogen) atoms. The van der Waals surface area contributed by atoms with Gasteiger partial charge in [0.15, 0.2) is 0 Å². The van der Waals surface area contributed by atoms with Crippen molar-refractivity contribution in [3.8, 4) is 0 Å². The Balaban J connectivity index is 1.58. The predicted octanol–water partition coefficient (Wildman–Crippen LogP) is 3.44. The van der Waals surface area contributed by atoms with Crippen LogP contribution in [0.5, 0.6) is 0 Å². The van der Waals surface area contributed by atoms with Crippen molar-refractivity contribution >= 4 is 17.2 Å². The van der Waals surface area contributed by atoms with E-state index in [1.165, 1.54) is 29.7 Å². The van der Waals surface area contributed by atoms with Crippen LogP contribution >= 0.6 is 11.3 Å². The maximum atomic E-state index is 12.8. The number of hydrogen-bond donors (Lipinski definition) is 1. The lowest BCUT2D eigenvalue weighted by Crippen LogP contribution is -2.52. The van der Waals surface area contributed by atoms with E-state index in [-0.39, 0.29) is 11.9 Å². The summed E-state index contributed by atoms with van der Waals surface area (Å²) in [6, 6.07) is 2.59. The molecule has 3 nitrogen and oxygen atoms in total. The zero-order valence-electron chi connectivity index (χ0n) is 14.0. The zero-order valence-corrected chi connectivity index (χ0v) is 14.8. The predicted molar refractivity (Wildman–Crippen MR) is 92.0 cm³/mol. The van der Waals surface area contributed by atoms with Crippen molar-refractivity contribution in [1.82, 2.24) is 10.2 Å². The topological polar surface area (TPSA) is 32.3 Å². The minimum atomic E-state index is -0.0714. The van der Waals surface area contributed by atoms with Crippen molar-refractivity contribution in [3.63, 3.8) is 0 Å². The molecule has 0 bridgehead atoms. The smallest absolute Gasteiger partial charge is 0.239 e. The molecule has 4 unspecified atom stereocenters. The fourth-order valence-electron chi connectivity index (χ4n) is 3.92. The van der Waals surface area contributed by atoms with Gasteiger partial charge in [-0.3, -0.25) is 4.79 Å². The molecule has 1 aromatic rings. The number of carbonyl (C=O) groups is 1. The lowest BCUT2D eigenvalue weighted by molar-refractivity contribution is -0.134. The van der Waals surface area contributed by atoms with Gasteiger partial charge in [-0.2, -0.15) is 0 Å². The van der Waals surface area contributed by atoms with E-state index in [4.69, 9.17) is 0 Å². The SMILES string of the molecule is CC(NC1CCCC(C)C1C)C(=O)N1CCc2sccc2C1. The molecule has 2 aliphatic rings. The van der Waals surface area contributed by atoms with Crippen LogP contribution < -0.4 is 5.32 Å². The average Bonchev–Trinajstić information content (AvgIpc) is 2.98. The molecule has 0 spiro atoms. The highest BCUT2D eigenvalue weighted by molar-refractivity contribution is 7.10. The van der Waals surface area contributed by atoms with Gasteiger partial charge < -0.3 is 10.2 Å². The quantitative estimate of drug-likeness (QED) is 0.925. The van der Waals surface area contributed by atoms with E-state index in [1.54, 1.807) is 0 Å². The molecule has 0 saturated heterocycles. The van der Waals surface area contributed by atoms with E-state index in [1.807, 2.05) is 23.2 Å². The van der Waals surface area contributed by atoms with Crippen LogP contribution in [0.15, 0.2) is 11.4 Å². The highest BCUT2D eigenvalue weighted by Crippen LogP contribution is 2.30. The van der Waals surface area contributed by atoms with Crippen LogP contribution in [0.3, 0.4) is 0 Å². The molecule has 4 atom stereocenters. The Morgan fingerprint density at radius 1 is 1.41 bits per heavy atom. The lowest BCUT2D eigenvalue weighted by Gasteiger charge is -2.37. The number of rotatable bonds is 3. The summed E-state index contributed by atoms with van der Waals surface area (Å²) < 4.78 is 0. The largest absolute Gasteiger partial charge is 0.337 e. The van der Waals surface area contributed by atoms with E-state index < -0.39 is 0 Å². The van der Waals surface area contributed by atoms with Crippen molar-refractivity contribution in [2.24, 2.45) is 11.8 Å². The Labute approximate surface area is 138 Å². The van der Waals surface area contributed by atoms with E-state index in [0.717, 1.165) is 25.4 Å². The minimum Gasteiger partial charge on any atom is -0.337 e. The van der Waals surface area contributed by atoms with Gasteiger partial charge in [0.2, 0.25) is 5.91 Å². The molecule has 0 aromatic carbocycles. The molecule has 4 heteroatoms. The summed E-state index contributed by atoms with van der Waals surface area (Å²) in [5.74, 6) is 1.69. The van der Waals surface area contributed by atoms with E-state index in [0.29, 0.717) is 12.0 Å². The van der Waals surface area contributed by atoms with Crippen LogP contribution in [-0.4, -0.2) is 29.4 Å². The number of carbonyl (C=O) groups excluding carboxylic acids is 1. The Kier molecular flexibility index (Phi) is 4.88. The number of nitrogens with zero attached hydrogens (tertiary/aromatic N) is 1. The molecule has 1 aromatic heterocycles. The first-order valence-electron chi connectivity index (χ1n) is 8.66. The Hall–Kier alpha value is -0.870. The second-order valence-corrected chi connectivity index (χ2v) is 8.14. The van der Waals surface area contributed by atoms with Gasteiger partial charge in [0, 0.05) is 24.0 Å². The third-order valence-electron chi connectivity index (χ3n) is 5.66. The molecule has 1 fully saturated rings. The summed E-state index contributed by atoms with van der Waals surface area (Å²) in [4.78, 5) is 16.2. The highest BCUT2D eigenvalue weighted by atomic mass is 32.1. The number of fused-ring (bicyclic) bond motifs is 1. The first kappa shape index (κ1) is 16.0. The Morgan fingerprint density at radius 3 is 3.05 bits per heavy atom. The lowest BCUT2D eigenvalue weighted by atomic mass is 9.78. The second-order valence-electron chi connectivity index (χ2n) is 7.14. The monoisotopic (exact) mass is 320 g/mol. The van der Waals surface area contributed by atoms with Gasteiger partial charge in [-0.15, -0.1) is 11.3 Å². The van der Waals surface area contributed by atoms with Gasteiger partial charge in [-0.1, -0.05) is 26.7 Å². The summed E-state index contributed by atoms with van der Waals surface area (Å²) in [6.45, 7) is 8.37. The third-order valence-corrected chi connectivity index (χ3v) is 6.68. The number of amides is 1.